The fourth-order valence-electron chi connectivity index (χ4n) is 1.54. The van der Waals surface area contributed by atoms with Crippen molar-refractivity contribution in [3.63, 3.8) is 0 Å². The average molecular weight is 285 g/mol. The Kier molecular flexibility index (Phi) is 3.85. The van der Waals surface area contributed by atoms with Crippen molar-refractivity contribution in [2.24, 2.45) is 0 Å². The molecule has 0 radical (unpaired) electrons. The summed E-state index contributed by atoms with van der Waals surface area (Å²) in [5.41, 5.74) is 2.99. The summed E-state index contributed by atoms with van der Waals surface area (Å²) >= 11 is -1.06. The molecule has 72 valence electrons. The topological polar surface area (TPSA) is 0 Å². The molecule has 1 aromatic rings. The van der Waals surface area contributed by atoms with Gasteiger partial charge in [-0.05, 0) is 0 Å². The Hall–Kier alpha value is 0.0382. The van der Waals surface area contributed by atoms with Crippen LogP contribution in [0.1, 0.15) is 30.9 Å². The normalized spacial score (nSPS) is 11.3. The third kappa shape index (κ3) is 2.74. The van der Waals surface area contributed by atoms with E-state index in [1.54, 1.807) is 9.07 Å². The van der Waals surface area contributed by atoms with E-state index in [9.17, 15) is 0 Å². The van der Waals surface area contributed by atoms with Crippen LogP contribution in [0.3, 0.4) is 0 Å². The summed E-state index contributed by atoms with van der Waals surface area (Å²) in [5.74, 6) is 0.682. The van der Waals surface area contributed by atoms with E-state index in [-0.39, 0.29) is 0 Å². The summed E-state index contributed by atoms with van der Waals surface area (Å²) in [6, 6.07) is 6.98. The second-order valence-corrected chi connectivity index (χ2v) is 10.6. The molecule has 0 bridgehead atoms. The van der Waals surface area contributed by atoms with Crippen LogP contribution in [-0.2, 0) is 0 Å². The molecule has 1 aromatic carbocycles. The first-order valence-corrected chi connectivity index (χ1v) is 11.2. The number of benzene rings is 1. The van der Waals surface area contributed by atoms with E-state index in [1.165, 1.54) is 5.56 Å². The van der Waals surface area contributed by atoms with E-state index in [0.717, 1.165) is 0 Å². The van der Waals surface area contributed by atoms with Gasteiger partial charge >= 0.3 is 89.5 Å². The monoisotopic (exact) mass is 284 g/mol. The molecule has 0 saturated heterocycles. The quantitative estimate of drug-likeness (QED) is 0.732. The van der Waals surface area contributed by atoms with Gasteiger partial charge in [-0.2, -0.15) is 0 Å². The molecule has 1 heteroatoms. The maximum atomic E-state index is 2.44. The van der Waals surface area contributed by atoms with Crippen LogP contribution in [0.5, 0.6) is 0 Å². The Morgan fingerprint density at radius 3 is 2.23 bits per heavy atom. The van der Waals surface area contributed by atoms with Crippen LogP contribution in [0.4, 0.5) is 0 Å². The Morgan fingerprint density at radius 1 is 1.15 bits per heavy atom. The van der Waals surface area contributed by atoms with Crippen LogP contribution in [0.15, 0.2) is 18.2 Å². The van der Waals surface area contributed by atoms with E-state index in [4.69, 9.17) is 0 Å². The predicted molar refractivity (Wildman–Crippen MR) is 62.4 cm³/mol. The van der Waals surface area contributed by atoms with Crippen molar-refractivity contribution in [3.05, 3.63) is 29.3 Å². The number of hydrogen-bond donors (Lipinski definition) is 0. The third-order valence-corrected chi connectivity index (χ3v) is 6.20. The fourth-order valence-corrected chi connectivity index (χ4v) is 5.00. The molecule has 1 rings (SSSR count). The molecule has 13 heavy (non-hydrogen) atoms. The summed E-state index contributed by atoms with van der Waals surface area (Å²) in [5, 5.41) is 0. The standard InChI is InChI=1S/C10H13.2CH3.Sb/c1-8(2)10-6-4-5-9(3)7-10;;;/h4-5,7-8H,1-3H3;2*1H3;. The van der Waals surface area contributed by atoms with Gasteiger partial charge in [-0.1, -0.05) is 0 Å². The molecule has 0 unspecified atom stereocenters. The summed E-state index contributed by atoms with van der Waals surface area (Å²) in [4.78, 5) is 4.89. The van der Waals surface area contributed by atoms with Crippen molar-refractivity contribution in [1.82, 2.24) is 0 Å². The summed E-state index contributed by atoms with van der Waals surface area (Å²) < 4.78 is 1.68. The molecule has 0 amide bonds. The zero-order valence-electron chi connectivity index (χ0n) is 9.26. The van der Waals surface area contributed by atoms with Gasteiger partial charge in [-0.25, -0.2) is 0 Å². The Labute approximate surface area is 89.3 Å². The van der Waals surface area contributed by atoms with E-state index < -0.39 is 20.2 Å². The van der Waals surface area contributed by atoms with Crippen molar-refractivity contribution < 1.29 is 0 Å². The molecule has 0 saturated carbocycles. The molecule has 0 N–H and O–H groups in total. The van der Waals surface area contributed by atoms with Crippen LogP contribution in [0, 0.1) is 6.92 Å². The molecule has 0 aliphatic rings. The van der Waals surface area contributed by atoms with Gasteiger partial charge in [0.15, 0.2) is 0 Å². The predicted octanol–water partition coefficient (Wildman–Crippen LogP) is 3.08. The van der Waals surface area contributed by atoms with Gasteiger partial charge in [-0.3, -0.25) is 0 Å². The van der Waals surface area contributed by atoms with Gasteiger partial charge in [-0.15, -0.1) is 0 Å². The second-order valence-electron chi connectivity index (χ2n) is 4.11. The van der Waals surface area contributed by atoms with E-state index in [2.05, 4.69) is 48.7 Å². The Bertz CT molecular complexity index is 287. The first-order chi connectivity index (χ1) is 6.02. The SMILES string of the molecule is Cc1cc[c]([Sb]([CH3])[CH3])c(C(C)C)c1. The molecule has 0 aromatic heterocycles. The molecule has 0 atom stereocenters. The van der Waals surface area contributed by atoms with E-state index >= 15 is 0 Å². The zero-order valence-corrected chi connectivity index (χ0v) is 11.8. The summed E-state index contributed by atoms with van der Waals surface area (Å²) in [7, 11) is 0. The van der Waals surface area contributed by atoms with Crippen molar-refractivity contribution in [2.75, 3.05) is 0 Å². The molecule has 0 fully saturated rings. The van der Waals surface area contributed by atoms with Crippen molar-refractivity contribution in [2.45, 2.75) is 36.4 Å². The van der Waals surface area contributed by atoms with Gasteiger partial charge in [0.25, 0.3) is 0 Å². The first kappa shape index (κ1) is 11.1. The minimum absolute atomic E-state index is 0.682. The molecular weight excluding hydrogens is 266 g/mol. The molecule has 0 aliphatic heterocycles. The van der Waals surface area contributed by atoms with Crippen LogP contribution < -0.4 is 3.51 Å². The molecule has 0 aliphatic carbocycles. The number of hydrogen-bond acceptors (Lipinski definition) is 0. The molecule has 0 nitrogen and oxygen atoms in total. The van der Waals surface area contributed by atoms with Gasteiger partial charge in [0.2, 0.25) is 0 Å². The van der Waals surface area contributed by atoms with Crippen LogP contribution in [0.25, 0.3) is 0 Å². The van der Waals surface area contributed by atoms with Gasteiger partial charge < -0.3 is 0 Å². The van der Waals surface area contributed by atoms with E-state index in [1.807, 2.05) is 0 Å². The van der Waals surface area contributed by atoms with Gasteiger partial charge in [0, 0.05) is 0 Å². The number of aryl methyl sites for hydroxylation is 1. The van der Waals surface area contributed by atoms with Crippen molar-refractivity contribution in [3.8, 4) is 0 Å². The number of rotatable bonds is 2. The van der Waals surface area contributed by atoms with Gasteiger partial charge in [0.05, 0.1) is 0 Å². The minimum atomic E-state index is -1.06. The second kappa shape index (κ2) is 4.51. The van der Waals surface area contributed by atoms with E-state index in [0.29, 0.717) is 5.92 Å². The maximum absolute atomic E-state index is 2.44. The molecule has 0 heterocycles. The average Bonchev–Trinajstić information content (AvgIpc) is 2.03. The van der Waals surface area contributed by atoms with Crippen LogP contribution in [-0.4, -0.2) is 20.2 Å². The Morgan fingerprint density at radius 2 is 1.77 bits per heavy atom. The van der Waals surface area contributed by atoms with Crippen molar-refractivity contribution >= 4 is 23.7 Å². The van der Waals surface area contributed by atoms with Crippen LogP contribution >= 0.6 is 0 Å². The zero-order chi connectivity index (χ0) is 10.0. The summed E-state index contributed by atoms with van der Waals surface area (Å²) in [6.07, 6.45) is 0. The van der Waals surface area contributed by atoms with Gasteiger partial charge in [0.1, 0.15) is 0 Å². The third-order valence-electron chi connectivity index (χ3n) is 2.29. The molecule has 0 spiro atoms. The van der Waals surface area contributed by atoms with Crippen molar-refractivity contribution in [1.29, 1.82) is 0 Å². The van der Waals surface area contributed by atoms with Crippen LogP contribution in [0.2, 0.25) is 9.74 Å². The molecular formula is C12H19Sb. The Balaban J connectivity index is 3.19. The first-order valence-electron chi connectivity index (χ1n) is 4.80. The fraction of sp³-hybridized carbons (Fsp3) is 0.500. The summed E-state index contributed by atoms with van der Waals surface area (Å²) in [6.45, 7) is 6.77.